The third-order valence-corrected chi connectivity index (χ3v) is 2.62. The fourth-order valence-electron chi connectivity index (χ4n) is 1.43. The van der Waals surface area contributed by atoms with Crippen molar-refractivity contribution in [1.29, 1.82) is 5.26 Å². The number of benzene rings is 1. The summed E-state index contributed by atoms with van der Waals surface area (Å²) < 4.78 is 5.04. The first kappa shape index (κ1) is 13.8. The number of methoxy groups -OCH3 is 1. The predicted molar refractivity (Wildman–Crippen MR) is 66.1 cm³/mol. The molecule has 5 heteroatoms. The Kier molecular flexibility index (Phi) is 5.78. The van der Waals surface area contributed by atoms with Gasteiger partial charge in [0.15, 0.2) is 0 Å². The Bertz CT molecular complexity index is 404. The van der Waals surface area contributed by atoms with E-state index in [1.54, 1.807) is 25.3 Å². The van der Waals surface area contributed by atoms with E-state index in [1.807, 2.05) is 0 Å². The number of ether oxygens (including phenoxy) is 1. The van der Waals surface area contributed by atoms with Gasteiger partial charge in [0.25, 0.3) is 0 Å². The lowest BCUT2D eigenvalue weighted by molar-refractivity contribution is 0.285. The number of hydrogen-bond acceptors (Lipinski definition) is 4. The lowest BCUT2D eigenvalue weighted by Gasteiger charge is -2.12. The maximum absolute atomic E-state index is 9.05. The molecule has 1 rings (SSSR count). The van der Waals surface area contributed by atoms with Gasteiger partial charge in [-0.3, -0.25) is 5.32 Å². The SMILES string of the molecule is COc1ccc(C(C#N)NCCCO)cc1Cl. The number of aliphatic hydroxyl groups excluding tert-OH is 1. The van der Waals surface area contributed by atoms with E-state index in [4.69, 9.17) is 26.7 Å². The summed E-state index contributed by atoms with van der Waals surface area (Å²) in [5, 5.41) is 21.2. The van der Waals surface area contributed by atoms with Crippen molar-refractivity contribution in [3.05, 3.63) is 28.8 Å². The lowest BCUT2D eigenvalue weighted by Crippen LogP contribution is -2.21. The van der Waals surface area contributed by atoms with Gasteiger partial charge in [0.2, 0.25) is 0 Å². The van der Waals surface area contributed by atoms with E-state index >= 15 is 0 Å². The standard InChI is InChI=1S/C12H15ClN2O2/c1-17-12-4-3-9(7-10(12)13)11(8-14)15-5-2-6-16/h3-4,7,11,15-16H,2,5-6H2,1H3. The Balaban J connectivity index is 2.75. The quantitative estimate of drug-likeness (QED) is 0.761. The molecular weight excluding hydrogens is 240 g/mol. The van der Waals surface area contributed by atoms with E-state index in [1.165, 1.54) is 0 Å². The normalized spacial score (nSPS) is 11.9. The molecule has 0 fully saturated rings. The van der Waals surface area contributed by atoms with Crippen molar-refractivity contribution in [1.82, 2.24) is 5.32 Å². The number of halogens is 1. The van der Waals surface area contributed by atoms with Gasteiger partial charge < -0.3 is 9.84 Å². The molecule has 0 aromatic heterocycles. The topological polar surface area (TPSA) is 65.3 Å². The molecule has 0 spiro atoms. The van der Waals surface area contributed by atoms with Crippen molar-refractivity contribution in [2.45, 2.75) is 12.5 Å². The summed E-state index contributed by atoms with van der Waals surface area (Å²) >= 11 is 5.99. The van der Waals surface area contributed by atoms with Gasteiger partial charge in [-0.2, -0.15) is 5.26 Å². The largest absolute Gasteiger partial charge is 0.495 e. The first-order valence-electron chi connectivity index (χ1n) is 5.30. The molecule has 0 aliphatic carbocycles. The van der Waals surface area contributed by atoms with Crippen LogP contribution >= 0.6 is 11.6 Å². The van der Waals surface area contributed by atoms with Crippen LogP contribution < -0.4 is 10.1 Å². The molecule has 1 atom stereocenters. The van der Waals surface area contributed by atoms with Crippen LogP contribution in [-0.2, 0) is 0 Å². The highest BCUT2D eigenvalue weighted by Gasteiger charge is 2.11. The Labute approximate surface area is 106 Å². The van der Waals surface area contributed by atoms with Crippen LogP contribution in [-0.4, -0.2) is 25.4 Å². The summed E-state index contributed by atoms with van der Waals surface area (Å²) in [6, 6.07) is 6.96. The molecule has 92 valence electrons. The number of aliphatic hydroxyl groups is 1. The van der Waals surface area contributed by atoms with E-state index in [-0.39, 0.29) is 6.61 Å². The van der Waals surface area contributed by atoms with Crippen molar-refractivity contribution in [3.63, 3.8) is 0 Å². The Morgan fingerprint density at radius 3 is 2.88 bits per heavy atom. The molecule has 0 saturated carbocycles. The summed E-state index contributed by atoms with van der Waals surface area (Å²) in [6.45, 7) is 0.687. The van der Waals surface area contributed by atoms with Crippen molar-refractivity contribution in [2.75, 3.05) is 20.3 Å². The maximum atomic E-state index is 9.05. The molecular formula is C12H15ClN2O2. The number of nitriles is 1. The van der Waals surface area contributed by atoms with Crippen molar-refractivity contribution in [3.8, 4) is 11.8 Å². The number of hydrogen-bond donors (Lipinski definition) is 2. The summed E-state index contributed by atoms with van der Waals surface area (Å²) in [5.74, 6) is 0.586. The molecule has 0 bridgehead atoms. The van der Waals surface area contributed by atoms with Gasteiger partial charge in [-0.25, -0.2) is 0 Å². The van der Waals surface area contributed by atoms with Crippen LogP contribution in [0.3, 0.4) is 0 Å². The molecule has 0 heterocycles. The Hall–Kier alpha value is -1.28. The average Bonchev–Trinajstić information content (AvgIpc) is 2.35. The van der Waals surface area contributed by atoms with Crippen molar-refractivity contribution in [2.24, 2.45) is 0 Å². The molecule has 1 aromatic carbocycles. The van der Waals surface area contributed by atoms with Crippen LogP contribution in [0.1, 0.15) is 18.0 Å². The minimum absolute atomic E-state index is 0.106. The van der Waals surface area contributed by atoms with Crippen LogP contribution in [0.4, 0.5) is 0 Å². The van der Waals surface area contributed by atoms with Crippen LogP contribution in [0.5, 0.6) is 5.75 Å². The number of rotatable bonds is 6. The third kappa shape index (κ3) is 3.90. The summed E-state index contributed by atoms with van der Waals surface area (Å²) in [6.07, 6.45) is 0.613. The van der Waals surface area contributed by atoms with Crippen molar-refractivity contribution >= 4 is 11.6 Å². The highest BCUT2D eigenvalue weighted by atomic mass is 35.5. The highest BCUT2D eigenvalue weighted by Crippen LogP contribution is 2.27. The van der Waals surface area contributed by atoms with E-state index in [9.17, 15) is 0 Å². The second-order valence-electron chi connectivity index (χ2n) is 3.49. The summed E-state index contributed by atoms with van der Waals surface area (Å²) in [7, 11) is 1.54. The first-order chi connectivity index (χ1) is 8.22. The molecule has 1 aromatic rings. The Morgan fingerprint density at radius 2 is 2.35 bits per heavy atom. The smallest absolute Gasteiger partial charge is 0.137 e. The van der Waals surface area contributed by atoms with Gasteiger partial charge in [0.1, 0.15) is 11.8 Å². The molecule has 0 amide bonds. The van der Waals surface area contributed by atoms with Gasteiger partial charge >= 0.3 is 0 Å². The second kappa shape index (κ2) is 7.13. The fraction of sp³-hybridized carbons (Fsp3) is 0.417. The van der Waals surface area contributed by atoms with Gasteiger partial charge in [0, 0.05) is 6.61 Å². The van der Waals surface area contributed by atoms with Crippen LogP contribution in [0, 0.1) is 11.3 Å². The minimum Gasteiger partial charge on any atom is -0.495 e. The molecule has 2 N–H and O–H groups in total. The Morgan fingerprint density at radius 1 is 1.59 bits per heavy atom. The zero-order valence-corrected chi connectivity index (χ0v) is 10.4. The fourth-order valence-corrected chi connectivity index (χ4v) is 1.69. The molecule has 1 unspecified atom stereocenters. The molecule has 0 aliphatic heterocycles. The number of nitrogens with zero attached hydrogens (tertiary/aromatic N) is 1. The highest BCUT2D eigenvalue weighted by molar-refractivity contribution is 6.32. The predicted octanol–water partition coefficient (Wildman–Crippen LogP) is 1.89. The van der Waals surface area contributed by atoms with E-state index < -0.39 is 6.04 Å². The molecule has 0 saturated heterocycles. The molecule has 17 heavy (non-hydrogen) atoms. The van der Waals surface area contributed by atoms with Crippen LogP contribution in [0.25, 0.3) is 0 Å². The van der Waals surface area contributed by atoms with Gasteiger partial charge in [-0.15, -0.1) is 0 Å². The van der Waals surface area contributed by atoms with Crippen molar-refractivity contribution < 1.29 is 9.84 Å². The second-order valence-corrected chi connectivity index (χ2v) is 3.89. The van der Waals surface area contributed by atoms with Gasteiger partial charge in [-0.05, 0) is 30.7 Å². The molecule has 0 radical (unpaired) electrons. The van der Waals surface area contributed by atoms with E-state index in [0.717, 1.165) is 5.56 Å². The average molecular weight is 255 g/mol. The molecule has 0 aliphatic rings. The van der Waals surface area contributed by atoms with Gasteiger partial charge in [-0.1, -0.05) is 17.7 Å². The summed E-state index contributed by atoms with van der Waals surface area (Å²) in [5.41, 5.74) is 0.788. The maximum Gasteiger partial charge on any atom is 0.137 e. The number of nitrogens with one attached hydrogen (secondary N) is 1. The minimum atomic E-state index is -0.426. The van der Waals surface area contributed by atoms with E-state index in [2.05, 4.69) is 11.4 Å². The van der Waals surface area contributed by atoms with Crippen LogP contribution in [0.2, 0.25) is 5.02 Å². The molecule has 4 nitrogen and oxygen atoms in total. The zero-order chi connectivity index (χ0) is 12.7. The van der Waals surface area contributed by atoms with E-state index in [0.29, 0.717) is 23.7 Å². The van der Waals surface area contributed by atoms with Crippen LogP contribution in [0.15, 0.2) is 18.2 Å². The van der Waals surface area contributed by atoms with Gasteiger partial charge in [0.05, 0.1) is 18.2 Å². The summed E-state index contributed by atoms with van der Waals surface area (Å²) in [4.78, 5) is 0. The third-order valence-electron chi connectivity index (χ3n) is 2.32. The first-order valence-corrected chi connectivity index (χ1v) is 5.68. The lowest BCUT2D eigenvalue weighted by atomic mass is 10.1. The monoisotopic (exact) mass is 254 g/mol. The zero-order valence-electron chi connectivity index (χ0n) is 9.61.